The first kappa shape index (κ1) is 12.0. The Hall–Kier alpha value is -2.01. The number of hydrogen-bond donors (Lipinski definition) is 1. The largest absolute Gasteiger partial charge is 0.357 e. The van der Waals surface area contributed by atoms with Gasteiger partial charge in [0, 0.05) is 42.6 Å². The van der Waals surface area contributed by atoms with Crippen LogP contribution in [0.25, 0.3) is 16.4 Å². The Bertz CT molecular complexity index is 679. The highest BCUT2D eigenvalue weighted by Crippen LogP contribution is 2.42. The zero-order valence-corrected chi connectivity index (χ0v) is 12.1. The maximum absolute atomic E-state index is 4.55. The van der Waals surface area contributed by atoms with E-state index in [-0.39, 0.29) is 0 Å². The molecule has 0 atom stereocenters. The SMILES string of the molecule is C=C1c2c(c[nH]c2-c2nc(C)cs2)N(C)C(=C)N1C. The number of aryl methyl sites for hydroxylation is 1. The fourth-order valence-electron chi connectivity index (χ4n) is 2.29. The highest BCUT2D eigenvalue weighted by atomic mass is 32.1. The summed E-state index contributed by atoms with van der Waals surface area (Å²) in [5.41, 5.74) is 5.21. The van der Waals surface area contributed by atoms with Crippen molar-refractivity contribution < 1.29 is 0 Å². The average molecular weight is 272 g/mol. The van der Waals surface area contributed by atoms with Crippen molar-refractivity contribution in [3.05, 3.63) is 41.8 Å². The number of hydrogen-bond acceptors (Lipinski definition) is 4. The molecular weight excluding hydrogens is 256 g/mol. The van der Waals surface area contributed by atoms with E-state index in [1.54, 1.807) is 11.3 Å². The Labute approximate surface area is 116 Å². The minimum absolute atomic E-state index is 0.915. The number of thiazole rings is 1. The first-order valence-corrected chi connectivity index (χ1v) is 6.88. The van der Waals surface area contributed by atoms with E-state index in [1.165, 1.54) is 0 Å². The molecule has 1 N–H and O–H groups in total. The van der Waals surface area contributed by atoms with Crippen molar-refractivity contribution >= 4 is 22.7 Å². The van der Waals surface area contributed by atoms with Crippen molar-refractivity contribution in [2.45, 2.75) is 6.92 Å². The molecule has 0 aliphatic carbocycles. The third-order valence-corrected chi connectivity index (χ3v) is 4.50. The number of aromatic amines is 1. The zero-order valence-electron chi connectivity index (χ0n) is 11.3. The van der Waals surface area contributed by atoms with Crippen LogP contribution in [0.3, 0.4) is 0 Å². The molecule has 1 aliphatic rings. The summed E-state index contributed by atoms with van der Waals surface area (Å²) in [5, 5.41) is 3.05. The van der Waals surface area contributed by atoms with E-state index in [2.05, 4.69) is 33.4 Å². The minimum Gasteiger partial charge on any atom is -0.357 e. The molecule has 0 radical (unpaired) electrons. The second-order valence-corrected chi connectivity index (χ2v) is 5.56. The monoisotopic (exact) mass is 272 g/mol. The number of fused-ring (bicyclic) bond motifs is 1. The second-order valence-electron chi connectivity index (χ2n) is 4.70. The van der Waals surface area contributed by atoms with Gasteiger partial charge in [0.1, 0.15) is 10.8 Å². The maximum atomic E-state index is 4.55. The van der Waals surface area contributed by atoms with Crippen LogP contribution in [0, 0.1) is 6.92 Å². The highest BCUT2D eigenvalue weighted by molar-refractivity contribution is 7.13. The van der Waals surface area contributed by atoms with Gasteiger partial charge in [-0.1, -0.05) is 13.2 Å². The lowest BCUT2D eigenvalue weighted by molar-refractivity contribution is 0.568. The second kappa shape index (κ2) is 3.99. The molecule has 98 valence electrons. The van der Waals surface area contributed by atoms with E-state index in [1.807, 2.05) is 32.1 Å². The van der Waals surface area contributed by atoms with Crippen LogP contribution in [0.2, 0.25) is 0 Å². The summed E-state index contributed by atoms with van der Waals surface area (Å²) in [4.78, 5) is 11.9. The molecule has 0 unspecified atom stereocenters. The molecule has 0 saturated heterocycles. The van der Waals surface area contributed by atoms with Gasteiger partial charge in [0.25, 0.3) is 0 Å². The molecule has 3 rings (SSSR count). The fraction of sp³-hybridized carbons (Fsp3) is 0.214. The minimum atomic E-state index is 0.915. The highest BCUT2D eigenvalue weighted by Gasteiger charge is 2.29. The van der Waals surface area contributed by atoms with Gasteiger partial charge in [-0.25, -0.2) is 4.98 Å². The molecule has 19 heavy (non-hydrogen) atoms. The molecule has 4 nitrogen and oxygen atoms in total. The van der Waals surface area contributed by atoms with Crippen molar-refractivity contribution in [2.75, 3.05) is 19.0 Å². The first-order valence-electron chi connectivity index (χ1n) is 6.00. The third kappa shape index (κ3) is 1.62. The Morgan fingerprint density at radius 2 is 2.00 bits per heavy atom. The predicted molar refractivity (Wildman–Crippen MR) is 81.0 cm³/mol. The molecule has 2 aromatic rings. The van der Waals surface area contributed by atoms with E-state index < -0.39 is 0 Å². The Morgan fingerprint density at radius 1 is 1.26 bits per heavy atom. The molecule has 0 aromatic carbocycles. The summed E-state index contributed by atoms with van der Waals surface area (Å²) in [7, 11) is 3.99. The number of nitrogens with one attached hydrogen (secondary N) is 1. The van der Waals surface area contributed by atoms with E-state index in [9.17, 15) is 0 Å². The van der Waals surface area contributed by atoms with Crippen LogP contribution in [-0.4, -0.2) is 29.0 Å². The number of aromatic nitrogens is 2. The lowest BCUT2D eigenvalue weighted by atomic mass is 10.1. The lowest BCUT2D eigenvalue weighted by Gasteiger charge is -2.36. The van der Waals surface area contributed by atoms with Crippen molar-refractivity contribution in [1.29, 1.82) is 0 Å². The van der Waals surface area contributed by atoms with Crippen LogP contribution < -0.4 is 4.90 Å². The molecular formula is C14H16N4S. The summed E-state index contributed by atoms with van der Waals surface area (Å²) in [6, 6.07) is 0. The molecule has 0 amide bonds. The quantitative estimate of drug-likeness (QED) is 0.865. The molecule has 2 aromatic heterocycles. The van der Waals surface area contributed by atoms with E-state index in [0.29, 0.717) is 0 Å². The normalized spacial score (nSPS) is 15.1. The van der Waals surface area contributed by atoms with Gasteiger partial charge in [-0.2, -0.15) is 0 Å². The number of nitrogens with zero attached hydrogens (tertiary/aromatic N) is 3. The van der Waals surface area contributed by atoms with Crippen molar-refractivity contribution in [3.63, 3.8) is 0 Å². The molecule has 0 saturated carbocycles. The molecule has 5 heteroatoms. The van der Waals surface area contributed by atoms with E-state index in [0.717, 1.165) is 39.2 Å². The fourth-order valence-corrected chi connectivity index (χ4v) is 3.11. The van der Waals surface area contributed by atoms with Crippen molar-refractivity contribution in [2.24, 2.45) is 0 Å². The van der Waals surface area contributed by atoms with Crippen molar-refractivity contribution in [3.8, 4) is 10.7 Å². The van der Waals surface area contributed by atoms with Crippen LogP contribution in [0.4, 0.5) is 5.69 Å². The molecule has 1 aliphatic heterocycles. The van der Waals surface area contributed by atoms with Gasteiger partial charge >= 0.3 is 0 Å². The smallest absolute Gasteiger partial charge is 0.140 e. The molecule has 0 fully saturated rings. The van der Waals surface area contributed by atoms with Crippen LogP contribution in [0.5, 0.6) is 0 Å². The molecule has 3 heterocycles. The Balaban J connectivity index is 2.20. The molecule has 0 bridgehead atoms. The molecule has 0 spiro atoms. The van der Waals surface area contributed by atoms with Gasteiger partial charge in [0.2, 0.25) is 0 Å². The van der Waals surface area contributed by atoms with Gasteiger partial charge in [-0.15, -0.1) is 11.3 Å². The van der Waals surface area contributed by atoms with E-state index in [4.69, 9.17) is 0 Å². The van der Waals surface area contributed by atoms with Crippen LogP contribution in [-0.2, 0) is 0 Å². The summed E-state index contributed by atoms with van der Waals surface area (Å²) in [5.74, 6) is 0.915. The van der Waals surface area contributed by atoms with Gasteiger partial charge in [-0.3, -0.25) is 0 Å². The van der Waals surface area contributed by atoms with Gasteiger partial charge < -0.3 is 14.8 Å². The topological polar surface area (TPSA) is 35.2 Å². The average Bonchev–Trinajstić information content (AvgIpc) is 2.99. The summed E-state index contributed by atoms with van der Waals surface area (Å²) in [6.45, 7) is 10.3. The van der Waals surface area contributed by atoms with Crippen LogP contribution >= 0.6 is 11.3 Å². The van der Waals surface area contributed by atoms with Gasteiger partial charge in [-0.05, 0) is 6.92 Å². The maximum Gasteiger partial charge on any atom is 0.140 e. The summed E-state index contributed by atoms with van der Waals surface area (Å²) < 4.78 is 0. The summed E-state index contributed by atoms with van der Waals surface area (Å²) >= 11 is 1.64. The number of rotatable bonds is 1. The summed E-state index contributed by atoms with van der Waals surface area (Å²) in [6.07, 6.45) is 1.99. The van der Waals surface area contributed by atoms with Crippen LogP contribution in [0.1, 0.15) is 11.3 Å². The number of H-pyrrole nitrogens is 1. The Morgan fingerprint density at radius 3 is 2.63 bits per heavy atom. The van der Waals surface area contributed by atoms with Crippen molar-refractivity contribution in [1.82, 2.24) is 14.9 Å². The Kier molecular flexibility index (Phi) is 2.53. The first-order chi connectivity index (χ1) is 9.00. The third-order valence-electron chi connectivity index (χ3n) is 3.52. The lowest BCUT2D eigenvalue weighted by Crippen LogP contribution is -2.33. The predicted octanol–water partition coefficient (Wildman–Crippen LogP) is 3.27. The van der Waals surface area contributed by atoms with E-state index >= 15 is 0 Å². The van der Waals surface area contributed by atoms with Gasteiger partial charge in [0.15, 0.2) is 0 Å². The van der Waals surface area contributed by atoms with Crippen LogP contribution in [0.15, 0.2) is 30.6 Å². The number of anilines is 1. The standard InChI is InChI=1S/C14H16N4S/c1-8-7-19-14(16-8)13-12-9(2)17(4)10(3)18(5)11(12)6-15-13/h6-7,15H,2-3H2,1,4-5H3. The van der Waals surface area contributed by atoms with Gasteiger partial charge in [0.05, 0.1) is 11.4 Å². The zero-order chi connectivity index (χ0) is 13.7.